The maximum absolute atomic E-state index is 13.6. The molecule has 0 saturated heterocycles. The van der Waals surface area contributed by atoms with Crippen LogP contribution in [0.3, 0.4) is 0 Å². The fraction of sp³-hybridized carbons (Fsp3) is 0.281. The molecule has 11 heteroatoms. The Morgan fingerprint density at radius 1 is 0.930 bits per heavy atom. The van der Waals surface area contributed by atoms with E-state index < -0.39 is 16.2 Å². The predicted molar refractivity (Wildman–Crippen MR) is 161 cm³/mol. The summed E-state index contributed by atoms with van der Waals surface area (Å²) in [7, 11) is -4.15. The van der Waals surface area contributed by atoms with E-state index in [4.69, 9.17) is 21.3 Å². The molecule has 0 spiro atoms. The van der Waals surface area contributed by atoms with Crippen molar-refractivity contribution in [2.75, 3.05) is 17.7 Å². The van der Waals surface area contributed by atoms with E-state index in [9.17, 15) is 17.8 Å². The van der Waals surface area contributed by atoms with Gasteiger partial charge < -0.3 is 9.29 Å². The minimum Gasteiger partial charge on any atom is -0.748 e. The molecule has 218 valence electrons. The van der Waals surface area contributed by atoms with E-state index in [0.29, 0.717) is 48.9 Å². The molecule has 0 aliphatic carbocycles. The molecular weight excluding hydrogens is 597 g/mol. The normalized spacial score (nSPS) is 14.1. The van der Waals surface area contributed by atoms with Crippen LogP contribution in [0.25, 0.3) is 11.3 Å². The van der Waals surface area contributed by atoms with Crippen LogP contribution in [0.4, 0.5) is 5.82 Å². The van der Waals surface area contributed by atoms with Crippen molar-refractivity contribution >= 4 is 33.4 Å². The van der Waals surface area contributed by atoms with Crippen molar-refractivity contribution in [2.24, 2.45) is 0 Å². The van der Waals surface area contributed by atoms with Gasteiger partial charge in [0, 0.05) is 24.2 Å². The summed E-state index contributed by atoms with van der Waals surface area (Å²) in [5.74, 6) is 0.864. The van der Waals surface area contributed by atoms with Crippen molar-refractivity contribution in [3.63, 3.8) is 0 Å². The first kappa shape index (κ1) is 33.1. The van der Waals surface area contributed by atoms with Gasteiger partial charge in [0.15, 0.2) is 6.04 Å². The van der Waals surface area contributed by atoms with E-state index in [1.54, 1.807) is 16.8 Å². The number of benzene rings is 3. The molecule has 1 aliphatic heterocycles. The summed E-state index contributed by atoms with van der Waals surface area (Å²) in [5.41, 5.74) is 4.48. The number of halogens is 1. The maximum Gasteiger partial charge on any atom is 1.00 e. The molecule has 4 aromatic rings. The number of ether oxygens (including phenoxy) is 1. The molecule has 1 aliphatic rings. The van der Waals surface area contributed by atoms with Gasteiger partial charge in [-0.2, -0.15) is 4.57 Å². The van der Waals surface area contributed by atoms with Gasteiger partial charge in [0.2, 0.25) is 0 Å². The summed E-state index contributed by atoms with van der Waals surface area (Å²) in [6.07, 6.45) is 5.31. The van der Waals surface area contributed by atoms with Gasteiger partial charge in [-0.15, -0.1) is 0 Å². The number of anilines is 1. The Balaban J connectivity index is 0.00000423. The second-order valence-corrected chi connectivity index (χ2v) is 12.3. The molecule has 2 heterocycles. The van der Waals surface area contributed by atoms with Crippen molar-refractivity contribution in [1.82, 2.24) is 4.98 Å². The van der Waals surface area contributed by atoms with Gasteiger partial charge in [-0.25, -0.2) is 18.2 Å². The monoisotopic (exact) mass is 628 g/mol. The van der Waals surface area contributed by atoms with E-state index in [1.807, 2.05) is 60.7 Å². The molecule has 1 aromatic heterocycles. The van der Waals surface area contributed by atoms with Crippen LogP contribution < -0.4 is 44.2 Å². The number of hydrogen-bond donors (Lipinski definition) is 1. The first-order valence-electron chi connectivity index (χ1n) is 14.0. The quantitative estimate of drug-likeness (QED) is 0.105. The average Bonchev–Trinajstić information content (AvgIpc) is 3.29. The van der Waals surface area contributed by atoms with Crippen LogP contribution in [0, 0.1) is 0 Å². The number of fused-ring (bicyclic) bond motifs is 1. The van der Waals surface area contributed by atoms with Crippen LogP contribution in [-0.4, -0.2) is 42.3 Å². The summed E-state index contributed by atoms with van der Waals surface area (Å²) >= 11 is 6.51. The summed E-state index contributed by atoms with van der Waals surface area (Å²) < 4.78 is 39.5. The molecule has 3 aromatic carbocycles. The van der Waals surface area contributed by atoms with Crippen LogP contribution in [0.15, 0.2) is 85.1 Å². The molecule has 0 amide bonds. The van der Waals surface area contributed by atoms with Crippen molar-refractivity contribution in [3.8, 4) is 17.0 Å². The summed E-state index contributed by atoms with van der Waals surface area (Å²) in [6, 6.07) is 24.9. The number of unbranched alkanes of at least 4 members (excludes halogenated alkanes) is 3. The molecule has 1 N–H and O–H groups in total. The van der Waals surface area contributed by atoms with Crippen molar-refractivity contribution in [2.45, 2.75) is 44.6 Å². The van der Waals surface area contributed by atoms with Gasteiger partial charge >= 0.3 is 41.3 Å². The topological polar surface area (TPSA) is 112 Å². The molecule has 5 rings (SSSR count). The van der Waals surface area contributed by atoms with E-state index in [2.05, 4.69) is 17.4 Å². The largest absolute Gasteiger partial charge is 1.00 e. The third kappa shape index (κ3) is 9.11. The van der Waals surface area contributed by atoms with Crippen molar-refractivity contribution in [3.05, 3.63) is 107 Å². The molecule has 0 radical (unpaired) electrons. The van der Waals surface area contributed by atoms with Crippen LogP contribution >= 0.6 is 11.6 Å². The third-order valence-electron chi connectivity index (χ3n) is 7.13. The molecule has 0 saturated carbocycles. The number of aromatic nitrogens is 2. The fourth-order valence-electron chi connectivity index (χ4n) is 5.01. The van der Waals surface area contributed by atoms with Gasteiger partial charge in [0.1, 0.15) is 23.3 Å². The fourth-order valence-corrected chi connectivity index (χ4v) is 5.83. The Morgan fingerprint density at radius 2 is 1.63 bits per heavy atom. The minimum absolute atomic E-state index is 0. The molecule has 8 nitrogen and oxygen atoms in total. The van der Waals surface area contributed by atoms with Gasteiger partial charge in [0.25, 0.3) is 0 Å². The number of nitrogens with zero attached hydrogens (tertiary/aromatic N) is 2. The molecule has 1 unspecified atom stereocenters. The first-order valence-corrected chi connectivity index (χ1v) is 15.9. The van der Waals surface area contributed by atoms with Gasteiger partial charge in [-0.1, -0.05) is 91.2 Å². The smallest absolute Gasteiger partial charge is 0.748 e. The Bertz CT molecular complexity index is 1660. The van der Waals surface area contributed by atoms with Gasteiger partial charge in [-0.05, 0) is 36.1 Å². The Morgan fingerprint density at radius 3 is 2.33 bits per heavy atom. The number of nitrogens with one attached hydrogen (secondary N) is 1. The number of hydrogen-bond acceptors (Lipinski definition) is 7. The zero-order valence-corrected chi connectivity index (χ0v) is 27.6. The third-order valence-corrected chi connectivity index (χ3v) is 8.22. The average molecular weight is 629 g/mol. The van der Waals surface area contributed by atoms with Gasteiger partial charge in [0.05, 0.1) is 21.7 Å². The summed E-state index contributed by atoms with van der Waals surface area (Å²) in [4.78, 5) is 18.6. The predicted octanol–water partition coefficient (Wildman–Crippen LogP) is 2.45. The number of rotatable bonds is 13. The zero-order valence-electron chi connectivity index (χ0n) is 24.0. The van der Waals surface area contributed by atoms with Crippen molar-refractivity contribution in [1.29, 1.82) is 0 Å². The van der Waals surface area contributed by atoms with Crippen molar-refractivity contribution < 1.29 is 56.6 Å². The Hall–Kier alpha value is -2.79. The van der Waals surface area contributed by atoms with E-state index >= 15 is 0 Å². The van der Waals surface area contributed by atoms with Crippen LogP contribution in [-0.2, 0) is 23.0 Å². The summed E-state index contributed by atoms with van der Waals surface area (Å²) in [6.45, 7) is 0.429. The minimum atomic E-state index is -4.15. The van der Waals surface area contributed by atoms with Crippen LogP contribution in [0.2, 0.25) is 5.02 Å². The second kappa shape index (κ2) is 15.3. The first-order chi connectivity index (χ1) is 20.3. The zero-order chi connectivity index (χ0) is 29.5. The van der Waals surface area contributed by atoms with Crippen LogP contribution in [0.1, 0.15) is 47.3 Å². The van der Waals surface area contributed by atoms with E-state index in [1.165, 1.54) is 0 Å². The standard InChI is InChI=1S/C32H32ClN3O5S.Na/c33-26-19-24(15-16-30(26)41-17-9-1-2-10-18-42(38,39)40)21-28-32(37)36-22-29(25-13-7-4-8-14-25)34-27(31(36)35-28)20-23-11-5-3-6-12-23;/h3-8,11-16,19,22,28H,1-2,9-10,17-18,20-21H2,(H,38,39,40);/q;+1. The Labute approximate surface area is 279 Å². The molecule has 0 fully saturated rings. The van der Waals surface area contributed by atoms with Gasteiger partial charge in [-0.3, -0.25) is 5.32 Å². The second-order valence-electron chi connectivity index (χ2n) is 10.3. The number of carbonyl (C=O) groups is 1. The molecular formula is C32H32ClN3NaO5S+. The van der Waals surface area contributed by atoms with E-state index in [-0.39, 0.29) is 41.2 Å². The molecule has 0 bridgehead atoms. The van der Waals surface area contributed by atoms with E-state index in [0.717, 1.165) is 40.9 Å². The van der Waals surface area contributed by atoms with Crippen LogP contribution in [0.5, 0.6) is 5.75 Å². The molecule has 43 heavy (non-hydrogen) atoms. The maximum atomic E-state index is 13.6. The SMILES string of the molecule is O=C1C(Cc2ccc(OCCCCCCS(=O)(=O)[O-])c(Cl)c2)Nc2c(Cc3ccccc3)nc(-c3ccccc3)c[n+]21.[Na+]. The number of carbonyl (C=O) groups excluding carboxylic acids is 1. The molecule has 1 atom stereocenters. The Kier molecular flexibility index (Phi) is 11.8. The summed E-state index contributed by atoms with van der Waals surface area (Å²) in [5, 5.41) is 3.88.